The highest BCUT2D eigenvalue weighted by Crippen LogP contribution is 2.25. The van der Waals surface area contributed by atoms with E-state index in [0.29, 0.717) is 36.1 Å². The number of benzene rings is 2. The molecule has 1 saturated heterocycles. The molecular weight excluding hydrogens is 452 g/mol. The van der Waals surface area contributed by atoms with E-state index in [2.05, 4.69) is 9.97 Å². The zero-order valence-corrected chi connectivity index (χ0v) is 21.2. The smallest absolute Gasteiger partial charge is 0.410 e. The zero-order valence-electron chi connectivity index (χ0n) is 21.2. The summed E-state index contributed by atoms with van der Waals surface area (Å²) in [6, 6.07) is 15.8. The summed E-state index contributed by atoms with van der Waals surface area (Å²) in [5, 5.41) is 0. The number of anilines is 1. The fourth-order valence-electron chi connectivity index (χ4n) is 4.35. The van der Waals surface area contributed by atoms with Crippen molar-refractivity contribution in [1.82, 2.24) is 14.9 Å². The average molecular weight is 487 g/mol. The SMILES string of the molecule is CC(C)(C)OC(=O)N1CCC(Cc2ncc(C(=O)Cc3cc(-c4ccccc4)ccc3N)cn2)CC1. The number of nitrogens with two attached hydrogens (primary N) is 1. The number of aromatic nitrogens is 2. The number of rotatable bonds is 6. The summed E-state index contributed by atoms with van der Waals surface area (Å²) in [4.78, 5) is 35.9. The van der Waals surface area contributed by atoms with Gasteiger partial charge in [-0.2, -0.15) is 0 Å². The summed E-state index contributed by atoms with van der Waals surface area (Å²) in [6.45, 7) is 6.96. The molecular formula is C29H34N4O3. The molecule has 1 fully saturated rings. The third-order valence-electron chi connectivity index (χ3n) is 6.37. The molecule has 1 aliphatic heterocycles. The lowest BCUT2D eigenvalue weighted by Crippen LogP contribution is -2.42. The van der Waals surface area contributed by atoms with E-state index >= 15 is 0 Å². The number of nitrogen functional groups attached to an aromatic ring is 1. The third kappa shape index (κ3) is 6.68. The Balaban J connectivity index is 1.32. The molecule has 0 bridgehead atoms. The van der Waals surface area contributed by atoms with Crippen LogP contribution in [0.25, 0.3) is 11.1 Å². The van der Waals surface area contributed by atoms with Crippen molar-refractivity contribution in [2.45, 2.75) is 52.1 Å². The van der Waals surface area contributed by atoms with Gasteiger partial charge >= 0.3 is 6.09 Å². The van der Waals surface area contributed by atoms with Crippen LogP contribution in [-0.2, 0) is 17.6 Å². The molecule has 2 N–H and O–H groups in total. The van der Waals surface area contributed by atoms with Gasteiger partial charge in [0.05, 0.1) is 5.56 Å². The van der Waals surface area contributed by atoms with E-state index in [-0.39, 0.29) is 18.3 Å². The lowest BCUT2D eigenvalue weighted by atomic mass is 9.93. The second-order valence-electron chi connectivity index (χ2n) is 10.4. The van der Waals surface area contributed by atoms with Gasteiger partial charge in [0.25, 0.3) is 0 Å². The largest absolute Gasteiger partial charge is 0.444 e. The van der Waals surface area contributed by atoms with E-state index in [0.717, 1.165) is 36.0 Å². The van der Waals surface area contributed by atoms with Gasteiger partial charge in [-0.15, -0.1) is 0 Å². The summed E-state index contributed by atoms with van der Waals surface area (Å²) < 4.78 is 5.47. The number of Topliss-reactive ketones (excluding diaryl/α,β-unsaturated/α-hetero) is 1. The summed E-state index contributed by atoms with van der Waals surface area (Å²) in [5.41, 5.74) is 9.64. The maximum Gasteiger partial charge on any atom is 0.410 e. The van der Waals surface area contributed by atoms with Crippen molar-refractivity contribution in [2.75, 3.05) is 18.8 Å². The van der Waals surface area contributed by atoms with Gasteiger partial charge in [-0.05, 0) is 68.4 Å². The lowest BCUT2D eigenvalue weighted by molar-refractivity contribution is 0.0183. The van der Waals surface area contributed by atoms with E-state index in [1.165, 1.54) is 0 Å². The molecule has 1 amide bonds. The number of carbonyl (C=O) groups excluding carboxylic acids is 2. The molecule has 0 spiro atoms. The number of ketones is 1. The van der Waals surface area contributed by atoms with E-state index in [1.54, 1.807) is 17.3 Å². The number of likely N-dealkylation sites (tertiary alicyclic amines) is 1. The number of hydrogen-bond acceptors (Lipinski definition) is 6. The summed E-state index contributed by atoms with van der Waals surface area (Å²) in [7, 11) is 0. The van der Waals surface area contributed by atoms with Gasteiger partial charge in [0.2, 0.25) is 0 Å². The van der Waals surface area contributed by atoms with Gasteiger partial charge in [-0.3, -0.25) is 4.79 Å². The quantitative estimate of drug-likeness (QED) is 0.373. The number of nitrogens with zero attached hydrogens (tertiary/aromatic N) is 3. The standard InChI is InChI=1S/C29H34N4O3/c1-29(2,3)36-28(35)33-13-11-20(12-14-33)15-27-31-18-24(19-32-27)26(34)17-23-16-22(9-10-25(23)30)21-7-5-4-6-8-21/h4-10,16,18-20H,11-15,17,30H2,1-3H3. The number of carbonyl (C=O) groups is 2. The van der Waals surface area contributed by atoms with Gasteiger partial charge in [-0.25, -0.2) is 14.8 Å². The van der Waals surface area contributed by atoms with Crippen molar-refractivity contribution in [3.8, 4) is 11.1 Å². The molecule has 7 nitrogen and oxygen atoms in total. The van der Waals surface area contributed by atoms with Gasteiger partial charge < -0.3 is 15.4 Å². The van der Waals surface area contributed by atoms with Gasteiger partial charge in [0, 0.05) is 44.0 Å². The number of hydrogen-bond donors (Lipinski definition) is 1. The minimum atomic E-state index is -0.489. The van der Waals surface area contributed by atoms with Crippen molar-refractivity contribution in [2.24, 2.45) is 5.92 Å². The van der Waals surface area contributed by atoms with Crippen LogP contribution in [0.3, 0.4) is 0 Å². The summed E-state index contributed by atoms with van der Waals surface area (Å²) >= 11 is 0. The van der Waals surface area contributed by atoms with Crippen LogP contribution < -0.4 is 5.73 Å². The summed E-state index contributed by atoms with van der Waals surface area (Å²) in [6.07, 6.45) is 5.63. The molecule has 0 atom stereocenters. The lowest BCUT2D eigenvalue weighted by Gasteiger charge is -2.33. The van der Waals surface area contributed by atoms with Crippen LogP contribution in [0, 0.1) is 5.92 Å². The molecule has 2 aromatic carbocycles. The van der Waals surface area contributed by atoms with Crippen LogP contribution in [-0.4, -0.2) is 45.4 Å². The molecule has 0 saturated carbocycles. The molecule has 1 aliphatic rings. The Morgan fingerprint density at radius 3 is 2.31 bits per heavy atom. The Bertz CT molecular complexity index is 1200. The predicted molar refractivity (Wildman–Crippen MR) is 141 cm³/mol. The Morgan fingerprint density at radius 2 is 1.67 bits per heavy atom. The molecule has 0 aliphatic carbocycles. The Morgan fingerprint density at radius 1 is 1.00 bits per heavy atom. The van der Waals surface area contributed by atoms with Crippen LogP contribution in [0.4, 0.5) is 10.5 Å². The first-order chi connectivity index (χ1) is 17.2. The highest BCUT2D eigenvalue weighted by atomic mass is 16.6. The molecule has 188 valence electrons. The van der Waals surface area contributed by atoms with Crippen LogP contribution in [0.1, 0.15) is 55.4 Å². The van der Waals surface area contributed by atoms with E-state index in [9.17, 15) is 9.59 Å². The van der Waals surface area contributed by atoms with Crippen molar-refractivity contribution in [3.63, 3.8) is 0 Å². The van der Waals surface area contributed by atoms with Crippen molar-refractivity contribution >= 4 is 17.6 Å². The Hall–Kier alpha value is -3.74. The molecule has 7 heteroatoms. The van der Waals surface area contributed by atoms with Crippen LogP contribution in [0.5, 0.6) is 0 Å². The first-order valence-electron chi connectivity index (χ1n) is 12.4. The first-order valence-corrected chi connectivity index (χ1v) is 12.4. The van der Waals surface area contributed by atoms with E-state index < -0.39 is 5.60 Å². The van der Waals surface area contributed by atoms with Crippen LogP contribution in [0.2, 0.25) is 0 Å². The van der Waals surface area contributed by atoms with E-state index in [1.807, 2.05) is 69.3 Å². The molecule has 1 aromatic heterocycles. The molecule has 36 heavy (non-hydrogen) atoms. The maximum absolute atomic E-state index is 12.9. The zero-order chi connectivity index (χ0) is 25.7. The third-order valence-corrected chi connectivity index (χ3v) is 6.37. The van der Waals surface area contributed by atoms with Crippen molar-refractivity contribution in [1.29, 1.82) is 0 Å². The van der Waals surface area contributed by atoms with Crippen LogP contribution in [0.15, 0.2) is 60.9 Å². The highest BCUT2D eigenvalue weighted by Gasteiger charge is 2.27. The minimum absolute atomic E-state index is 0.0656. The van der Waals surface area contributed by atoms with Crippen molar-refractivity contribution < 1.29 is 14.3 Å². The van der Waals surface area contributed by atoms with Crippen molar-refractivity contribution in [3.05, 3.63) is 77.9 Å². The minimum Gasteiger partial charge on any atom is -0.444 e. The van der Waals surface area contributed by atoms with E-state index in [4.69, 9.17) is 10.5 Å². The van der Waals surface area contributed by atoms with Gasteiger partial charge in [0.1, 0.15) is 11.4 Å². The monoisotopic (exact) mass is 486 g/mol. The Labute approximate surface area is 212 Å². The number of piperidine rings is 1. The number of ether oxygens (including phenoxy) is 1. The van der Waals surface area contributed by atoms with Gasteiger partial charge in [0.15, 0.2) is 5.78 Å². The maximum atomic E-state index is 12.9. The number of amides is 1. The second-order valence-corrected chi connectivity index (χ2v) is 10.4. The Kier molecular flexibility index (Phi) is 7.67. The second kappa shape index (κ2) is 10.9. The average Bonchev–Trinajstić information content (AvgIpc) is 2.86. The molecule has 4 rings (SSSR count). The van der Waals surface area contributed by atoms with Crippen LogP contribution >= 0.6 is 0 Å². The molecule has 0 radical (unpaired) electrons. The molecule has 2 heterocycles. The first kappa shape index (κ1) is 25.4. The predicted octanol–water partition coefficient (Wildman–Crippen LogP) is 5.34. The molecule has 0 unspecified atom stereocenters. The fourth-order valence-corrected chi connectivity index (χ4v) is 4.35. The van der Waals surface area contributed by atoms with Gasteiger partial charge in [-0.1, -0.05) is 36.4 Å². The molecule has 3 aromatic rings. The highest BCUT2D eigenvalue weighted by molar-refractivity contribution is 5.97. The fraction of sp³-hybridized carbons (Fsp3) is 0.379. The normalized spacial score (nSPS) is 14.5. The summed E-state index contributed by atoms with van der Waals surface area (Å²) in [5.74, 6) is 1.04. The topological polar surface area (TPSA) is 98.4 Å².